The van der Waals surface area contributed by atoms with E-state index in [1.807, 2.05) is 6.07 Å². The Morgan fingerprint density at radius 2 is 1.86 bits per heavy atom. The Hall–Kier alpha value is -2.37. The van der Waals surface area contributed by atoms with Crippen LogP contribution >= 0.6 is 0 Å². The largest absolute Gasteiger partial charge is 0.466 e. The molecule has 0 fully saturated rings. The van der Waals surface area contributed by atoms with Crippen LogP contribution in [0.3, 0.4) is 0 Å². The summed E-state index contributed by atoms with van der Waals surface area (Å²) in [6, 6.07) is 8.73. The average Bonchev–Trinajstić information content (AvgIpc) is 2.47. The van der Waals surface area contributed by atoms with E-state index >= 15 is 0 Å². The van der Waals surface area contributed by atoms with Crippen molar-refractivity contribution in [1.29, 1.82) is 0 Å². The van der Waals surface area contributed by atoms with E-state index in [2.05, 4.69) is 5.32 Å². The number of carbonyl (C=O) groups excluding carboxylic acids is 3. The molecule has 0 aliphatic heterocycles. The predicted octanol–water partition coefficient (Wildman–Crippen LogP) is 0.828. The van der Waals surface area contributed by atoms with Crippen LogP contribution in [0, 0.1) is 0 Å². The molecule has 0 atom stereocenters. The third-order valence-electron chi connectivity index (χ3n) is 2.70. The van der Waals surface area contributed by atoms with Gasteiger partial charge in [0.05, 0.1) is 19.6 Å². The normalized spacial score (nSPS) is 9.81. The Labute approximate surface area is 124 Å². The predicted molar refractivity (Wildman–Crippen MR) is 77.7 cm³/mol. The van der Waals surface area contributed by atoms with E-state index in [-0.39, 0.29) is 37.3 Å². The van der Waals surface area contributed by atoms with Gasteiger partial charge in [-0.05, 0) is 19.1 Å². The van der Waals surface area contributed by atoms with Crippen molar-refractivity contribution in [2.24, 2.45) is 0 Å². The molecule has 114 valence electrons. The van der Waals surface area contributed by atoms with Crippen LogP contribution in [-0.2, 0) is 14.3 Å². The van der Waals surface area contributed by atoms with Crippen LogP contribution in [0.15, 0.2) is 30.3 Å². The maximum Gasteiger partial charge on any atom is 0.307 e. The number of nitrogens with one attached hydrogen (secondary N) is 1. The van der Waals surface area contributed by atoms with Crippen molar-refractivity contribution in [2.75, 3.05) is 26.7 Å². The van der Waals surface area contributed by atoms with Gasteiger partial charge in [-0.2, -0.15) is 0 Å². The lowest BCUT2D eigenvalue weighted by atomic mass is 10.2. The zero-order valence-corrected chi connectivity index (χ0v) is 12.3. The Balaban J connectivity index is 2.34. The molecular formula is C15H20N2O4. The molecule has 1 N–H and O–H groups in total. The van der Waals surface area contributed by atoms with E-state index in [1.54, 1.807) is 38.2 Å². The van der Waals surface area contributed by atoms with Crippen LogP contribution in [0.4, 0.5) is 0 Å². The number of benzene rings is 1. The van der Waals surface area contributed by atoms with Gasteiger partial charge in [0.2, 0.25) is 5.91 Å². The van der Waals surface area contributed by atoms with Crippen molar-refractivity contribution in [3.05, 3.63) is 35.9 Å². The van der Waals surface area contributed by atoms with Gasteiger partial charge in [0.15, 0.2) is 0 Å². The molecule has 0 aromatic heterocycles. The molecule has 0 unspecified atom stereocenters. The van der Waals surface area contributed by atoms with Crippen LogP contribution in [-0.4, -0.2) is 49.4 Å². The monoisotopic (exact) mass is 292 g/mol. The molecule has 2 amide bonds. The lowest BCUT2D eigenvalue weighted by Crippen LogP contribution is -2.39. The summed E-state index contributed by atoms with van der Waals surface area (Å²) in [5.41, 5.74) is 0.527. The molecule has 1 rings (SSSR count). The summed E-state index contributed by atoms with van der Waals surface area (Å²) in [6.07, 6.45) is 0.121. The van der Waals surface area contributed by atoms with E-state index in [0.717, 1.165) is 0 Å². The SMILES string of the molecule is CCOC(=O)CCNC(=O)CN(C)C(=O)c1ccccc1. The number of hydrogen-bond donors (Lipinski definition) is 1. The van der Waals surface area contributed by atoms with Gasteiger partial charge in [0.1, 0.15) is 0 Å². The zero-order chi connectivity index (χ0) is 15.7. The first-order valence-corrected chi connectivity index (χ1v) is 6.77. The van der Waals surface area contributed by atoms with Crippen molar-refractivity contribution in [2.45, 2.75) is 13.3 Å². The minimum Gasteiger partial charge on any atom is -0.466 e. The molecule has 1 aromatic carbocycles. The topological polar surface area (TPSA) is 75.7 Å². The Morgan fingerprint density at radius 1 is 1.19 bits per heavy atom. The summed E-state index contributed by atoms with van der Waals surface area (Å²) in [7, 11) is 1.56. The van der Waals surface area contributed by atoms with E-state index in [4.69, 9.17) is 4.74 Å². The molecule has 0 aliphatic carbocycles. The number of ether oxygens (including phenoxy) is 1. The second-order valence-electron chi connectivity index (χ2n) is 4.43. The third kappa shape index (κ3) is 6.07. The van der Waals surface area contributed by atoms with Gasteiger partial charge in [-0.15, -0.1) is 0 Å². The molecule has 0 aliphatic rings. The number of esters is 1. The number of carbonyl (C=O) groups is 3. The van der Waals surface area contributed by atoms with Crippen LogP contribution in [0.2, 0.25) is 0 Å². The maximum absolute atomic E-state index is 12.0. The summed E-state index contributed by atoms with van der Waals surface area (Å²) in [4.78, 5) is 36.1. The van der Waals surface area contributed by atoms with Crippen molar-refractivity contribution < 1.29 is 19.1 Å². The molecule has 0 radical (unpaired) electrons. The van der Waals surface area contributed by atoms with Crippen LogP contribution < -0.4 is 5.32 Å². The maximum atomic E-state index is 12.0. The van der Waals surface area contributed by atoms with Crippen molar-refractivity contribution >= 4 is 17.8 Å². The van der Waals surface area contributed by atoms with E-state index in [9.17, 15) is 14.4 Å². The van der Waals surface area contributed by atoms with Crippen molar-refractivity contribution in [3.63, 3.8) is 0 Å². The first-order chi connectivity index (χ1) is 10.0. The minimum absolute atomic E-state index is 0.0590. The molecule has 0 spiro atoms. The van der Waals surface area contributed by atoms with Gasteiger partial charge in [0, 0.05) is 19.2 Å². The van der Waals surface area contributed by atoms with Crippen LogP contribution in [0.25, 0.3) is 0 Å². The second-order valence-corrected chi connectivity index (χ2v) is 4.43. The van der Waals surface area contributed by atoms with Crippen LogP contribution in [0.1, 0.15) is 23.7 Å². The fourth-order valence-electron chi connectivity index (χ4n) is 1.68. The highest BCUT2D eigenvalue weighted by Crippen LogP contribution is 2.02. The molecular weight excluding hydrogens is 272 g/mol. The highest BCUT2D eigenvalue weighted by atomic mass is 16.5. The lowest BCUT2D eigenvalue weighted by Gasteiger charge is -2.16. The number of hydrogen-bond acceptors (Lipinski definition) is 4. The number of amides is 2. The fourth-order valence-corrected chi connectivity index (χ4v) is 1.68. The van der Waals surface area contributed by atoms with Crippen molar-refractivity contribution in [3.8, 4) is 0 Å². The summed E-state index contributed by atoms with van der Waals surface area (Å²) in [5.74, 6) is -0.895. The molecule has 6 heteroatoms. The zero-order valence-electron chi connectivity index (χ0n) is 12.3. The summed E-state index contributed by atoms with van der Waals surface area (Å²) >= 11 is 0. The fraction of sp³-hybridized carbons (Fsp3) is 0.400. The Kier molecular flexibility index (Phi) is 6.94. The quantitative estimate of drug-likeness (QED) is 0.755. The number of nitrogens with zero attached hydrogens (tertiary/aromatic N) is 1. The first kappa shape index (κ1) is 16.7. The smallest absolute Gasteiger partial charge is 0.307 e. The molecule has 6 nitrogen and oxygen atoms in total. The van der Waals surface area contributed by atoms with E-state index < -0.39 is 0 Å². The highest BCUT2D eigenvalue weighted by molar-refractivity contribution is 5.96. The lowest BCUT2D eigenvalue weighted by molar-refractivity contribution is -0.143. The van der Waals surface area contributed by atoms with Gasteiger partial charge in [-0.25, -0.2) is 0 Å². The average molecular weight is 292 g/mol. The molecule has 0 heterocycles. The Bertz CT molecular complexity index is 488. The van der Waals surface area contributed by atoms with Gasteiger partial charge in [-0.3, -0.25) is 14.4 Å². The number of rotatable bonds is 7. The second kappa shape index (κ2) is 8.73. The Morgan fingerprint density at radius 3 is 2.48 bits per heavy atom. The standard InChI is InChI=1S/C15H20N2O4/c1-3-21-14(19)9-10-16-13(18)11-17(2)15(20)12-7-5-4-6-8-12/h4-8H,3,9-11H2,1-2H3,(H,16,18). The van der Waals surface area contributed by atoms with E-state index in [1.165, 1.54) is 4.90 Å². The number of likely N-dealkylation sites (N-methyl/N-ethyl adjacent to an activating group) is 1. The van der Waals surface area contributed by atoms with Gasteiger partial charge in [-0.1, -0.05) is 18.2 Å². The van der Waals surface area contributed by atoms with Crippen molar-refractivity contribution in [1.82, 2.24) is 10.2 Å². The van der Waals surface area contributed by atoms with Gasteiger partial charge >= 0.3 is 5.97 Å². The van der Waals surface area contributed by atoms with Gasteiger partial charge in [0.25, 0.3) is 5.91 Å². The van der Waals surface area contributed by atoms with Crippen LogP contribution in [0.5, 0.6) is 0 Å². The molecule has 0 saturated heterocycles. The molecule has 0 bridgehead atoms. The summed E-state index contributed by atoms with van der Waals surface area (Å²) in [5, 5.41) is 2.58. The first-order valence-electron chi connectivity index (χ1n) is 6.77. The highest BCUT2D eigenvalue weighted by Gasteiger charge is 2.14. The molecule has 21 heavy (non-hydrogen) atoms. The third-order valence-corrected chi connectivity index (χ3v) is 2.70. The summed E-state index contributed by atoms with van der Waals surface area (Å²) in [6.45, 7) is 2.18. The van der Waals surface area contributed by atoms with E-state index in [0.29, 0.717) is 12.2 Å². The minimum atomic E-state index is -0.355. The summed E-state index contributed by atoms with van der Waals surface area (Å²) < 4.78 is 4.75. The molecule has 0 saturated carbocycles. The molecule has 1 aromatic rings. The van der Waals surface area contributed by atoms with Gasteiger partial charge < -0.3 is 15.0 Å².